The van der Waals surface area contributed by atoms with Crippen LogP contribution in [0, 0.1) is 11.3 Å². The summed E-state index contributed by atoms with van der Waals surface area (Å²) in [4.78, 5) is 4.88. The van der Waals surface area contributed by atoms with Gasteiger partial charge in [0.05, 0.1) is 12.7 Å². The molecule has 52 valence electrons. The predicted octanol–water partition coefficient (Wildman–Crippen LogP) is 0.831. The van der Waals surface area contributed by atoms with Crippen molar-refractivity contribution in [2.45, 2.75) is 19.8 Å². The molecular weight excluding hydrogens is 116 g/mol. The van der Waals surface area contributed by atoms with Crippen LogP contribution in [0.15, 0.2) is 0 Å². The first-order chi connectivity index (χ1) is 4.41. The zero-order valence-electron chi connectivity index (χ0n) is 5.68. The standard InChI is InChI=1S/C6H12N2O/c1-2-6-9-8-5-3-4-7/h8H,2-3,5-6H2,1H3. The molecule has 0 aromatic carbocycles. The van der Waals surface area contributed by atoms with E-state index in [1.165, 1.54) is 0 Å². The van der Waals surface area contributed by atoms with Crippen LogP contribution in [-0.2, 0) is 4.84 Å². The average Bonchev–Trinajstić information content (AvgIpc) is 1.89. The van der Waals surface area contributed by atoms with Crippen LogP contribution in [0.4, 0.5) is 0 Å². The van der Waals surface area contributed by atoms with E-state index in [4.69, 9.17) is 10.1 Å². The van der Waals surface area contributed by atoms with Crippen molar-refractivity contribution < 1.29 is 4.84 Å². The molecule has 0 bridgehead atoms. The van der Waals surface area contributed by atoms with Crippen LogP contribution in [0.2, 0.25) is 0 Å². The quantitative estimate of drug-likeness (QED) is 0.440. The molecule has 0 atom stereocenters. The lowest BCUT2D eigenvalue weighted by Crippen LogP contribution is -2.15. The molecule has 0 fully saturated rings. The Morgan fingerprint density at radius 3 is 3.00 bits per heavy atom. The molecule has 0 rings (SSSR count). The van der Waals surface area contributed by atoms with Crippen molar-refractivity contribution in [3.05, 3.63) is 0 Å². The first-order valence-corrected chi connectivity index (χ1v) is 3.13. The minimum Gasteiger partial charge on any atom is -0.302 e. The second kappa shape index (κ2) is 7.41. The molecule has 3 nitrogen and oxygen atoms in total. The molecular formula is C6H12N2O. The minimum absolute atomic E-state index is 0.504. The molecule has 0 saturated heterocycles. The maximum absolute atomic E-state index is 8.08. The molecule has 0 aromatic rings. The molecule has 0 radical (unpaired) electrons. The lowest BCUT2D eigenvalue weighted by Gasteiger charge is -1.99. The van der Waals surface area contributed by atoms with Gasteiger partial charge in [0.1, 0.15) is 0 Å². The van der Waals surface area contributed by atoms with Crippen LogP contribution in [0.1, 0.15) is 19.8 Å². The second-order valence-corrected chi connectivity index (χ2v) is 1.65. The van der Waals surface area contributed by atoms with Gasteiger partial charge in [-0.25, -0.2) is 5.48 Å². The van der Waals surface area contributed by atoms with Crippen LogP contribution >= 0.6 is 0 Å². The smallest absolute Gasteiger partial charge is 0.0679 e. The third kappa shape index (κ3) is 7.41. The summed E-state index contributed by atoms with van der Waals surface area (Å²) in [7, 11) is 0. The fourth-order valence-electron chi connectivity index (χ4n) is 0.353. The average molecular weight is 128 g/mol. The van der Waals surface area contributed by atoms with Crippen LogP contribution in [0.25, 0.3) is 0 Å². The highest BCUT2D eigenvalue weighted by atomic mass is 16.6. The van der Waals surface area contributed by atoms with Gasteiger partial charge in [0.15, 0.2) is 0 Å². The third-order valence-electron chi connectivity index (χ3n) is 0.747. The van der Waals surface area contributed by atoms with E-state index in [1.807, 2.05) is 13.0 Å². The van der Waals surface area contributed by atoms with Gasteiger partial charge in [-0.2, -0.15) is 5.26 Å². The summed E-state index contributed by atoms with van der Waals surface area (Å²) in [5, 5.41) is 8.08. The summed E-state index contributed by atoms with van der Waals surface area (Å²) < 4.78 is 0. The van der Waals surface area contributed by atoms with Crippen LogP contribution < -0.4 is 5.48 Å². The van der Waals surface area contributed by atoms with E-state index in [0.29, 0.717) is 19.6 Å². The fraction of sp³-hybridized carbons (Fsp3) is 0.833. The first kappa shape index (κ1) is 8.41. The molecule has 0 aliphatic heterocycles. The molecule has 0 spiro atoms. The number of nitriles is 1. The number of nitrogens with zero attached hydrogens (tertiary/aromatic N) is 1. The largest absolute Gasteiger partial charge is 0.302 e. The van der Waals surface area contributed by atoms with Gasteiger partial charge in [-0.15, -0.1) is 0 Å². The van der Waals surface area contributed by atoms with Gasteiger partial charge >= 0.3 is 0 Å². The predicted molar refractivity (Wildman–Crippen MR) is 34.5 cm³/mol. The van der Waals surface area contributed by atoms with Gasteiger partial charge in [-0.05, 0) is 6.42 Å². The van der Waals surface area contributed by atoms with E-state index in [-0.39, 0.29) is 0 Å². The number of nitrogens with one attached hydrogen (secondary N) is 1. The van der Waals surface area contributed by atoms with Crippen LogP contribution in [0.3, 0.4) is 0 Å². The molecule has 0 aliphatic rings. The van der Waals surface area contributed by atoms with E-state index < -0.39 is 0 Å². The van der Waals surface area contributed by atoms with Gasteiger partial charge in [0, 0.05) is 13.0 Å². The summed E-state index contributed by atoms with van der Waals surface area (Å²) in [6.07, 6.45) is 1.50. The van der Waals surface area contributed by atoms with Crippen molar-refractivity contribution in [2.75, 3.05) is 13.2 Å². The van der Waals surface area contributed by atoms with E-state index in [2.05, 4.69) is 5.48 Å². The molecule has 0 aliphatic carbocycles. The molecule has 0 saturated carbocycles. The van der Waals surface area contributed by atoms with Crippen molar-refractivity contribution >= 4 is 0 Å². The van der Waals surface area contributed by atoms with Crippen molar-refractivity contribution in [1.82, 2.24) is 5.48 Å². The summed E-state index contributed by atoms with van der Waals surface area (Å²) in [6.45, 7) is 3.37. The zero-order valence-corrected chi connectivity index (χ0v) is 5.68. The Kier molecular flexibility index (Phi) is 6.92. The summed E-state index contributed by atoms with van der Waals surface area (Å²) >= 11 is 0. The lowest BCUT2D eigenvalue weighted by molar-refractivity contribution is 0.0431. The molecule has 0 aromatic heterocycles. The fourth-order valence-corrected chi connectivity index (χ4v) is 0.353. The maximum atomic E-state index is 8.08. The van der Waals surface area contributed by atoms with Gasteiger partial charge < -0.3 is 4.84 Å². The van der Waals surface area contributed by atoms with Crippen molar-refractivity contribution in [2.24, 2.45) is 0 Å². The number of hydrogen-bond acceptors (Lipinski definition) is 3. The highest BCUT2D eigenvalue weighted by Gasteiger charge is 1.82. The Morgan fingerprint density at radius 1 is 1.67 bits per heavy atom. The normalized spacial score (nSPS) is 8.89. The minimum atomic E-state index is 0.504. The lowest BCUT2D eigenvalue weighted by atomic mass is 10.5. The summed E-state index contributed by atoms with van der Waals surface area (Å²) in [5.74, 6) is 0. The van der Waals surface area contributed by atoms with Crippen LogP contribution in [-0.4, -0.2) is 13.2 Å². The SMILES string of the molecule is CCCONCCC#N. The third-order valence-corrected chi connectivity index (χ3v) is 0.747. The molecule has 1 N–H and O–H groups in total. The number of hydrogen-bond donors (Lipinski definition) is 1. The Balaban J connectivity index is 2.69. The van der Waals surface area contributed by atoms with E-state index in [1.54, 1.807) is 0 Å². The summed E-state index contributed by atoms with van der Waals surface area (Å²) in [5.41, 5.74) is 2.66. The highest BCUT2D eigenvalue weighted by Crippen LogP contribution is 1.75. The molecule has 0 heterocycles. The Labute approximate surface area is 55.6 Å². The number of rotatable bonds is 5. The van der Waals surface area contributed by atoms with E-state index in [9.17, 15) is 0 Å². The topological polar surface area (TPSA) is 45.0 Å². The monoisotopic (exact) mass is 128 g/mol. The number of hydroxylamine groups is 1. The maximum Gasteiger partial charge on any atom is 0.0679 e. The highest BCUT2D eigenvalue weighted by molar-refractivity contribution is 4.68. The van der Waals surface area contributed by atoms with Crippen LogP contribution in [0.5, 0.6) is 0 Å². The summed E-state index contributed by atoms with van der Waals surface area (Å²) in [6, 6.07) is 2.00. The van der Waals surface area contributed by atoms with E-state index >= 15 is 0 Å². The van der Waals surface area contributed by atoms with Crippen molar-refractivity contribution in [1.29, 1.82) is 5.26 Å². The zero-order chi connectivity index (χ0) is 6.95. The van der Waals surface area contributed by atoms with E-state index in [0.717, 1.165) is 6.42 Å². The first-order valence-electron chi connectivity index (χ1n) is 3.13. The Hall–Kier alpha value is -0.590. The molecule has 9 heavy (non-hydrogen) atoms. The Bertz CT molecular complexity index is 87.5. The Morgan fingerprint density at radius 2 is 2.44 bits per heavy atom. The van der Waals surface area contributed by atoms with Gasteiger partial charge in [-0.3, -0.25) is 0 Å². The molecule has 3 heteroatoms. The van der Waals surface area contributed by atoms with Crippen molar-refractivity contribution in [3.63, 3.8) is 0 Å². The van der Waals surface area contributed by atoms with Crippen molar-refractivity contribution in [3.8, 4) is 6.07 Å². The molecule has 0 unspecified atom stereocenters. The van der Waals surface area contributed by atoms with Gasteiger partial charge in [0.25, 0.3) is 0 Å². The van der Waals surface area contributed by atoms with Gasteiger partial charge in [-0.1, -0.05) is 6.92 Å². The second-order valence-electron chi connectivity index (χ2n) is 1.65. The molecule has 0 amide bonds. The van der Waals surface area contributed by atoms with Gasteiger partial charge in [0.2, 0.25) is 0 Å².